The van der Waals surface area contributed by atoms with Crippen LogP contribution in [0.1, 0.15) is 0 Å². The van der Waals surface area contributed by atoms with Crippen LogP contribution in [-0.2, 0) is 0 Å². The molecule has 0 unspecified atom stereocenters. The summed E-state index contributed by atoms with van der Waals surface area (Å²) in [5, 5.41) is 10.1. The maximum atomic E-state index is 6.64. The largest absolute Gasteiger partial charge is 0.456 e. The molecule has 10 rings (SSSR count). The molecule has 8 aromatic carbocycles. The molecule has 0 atom stereocenters. The molecule has 0 N–H and O–H groups in total. The molecule has 0 bridgehead atoms. The van der Waals surface area contributed by atoms with Gasteiger partial charge in [0.15, 0.2) is 0 Å². The van der Waals surface area contributed by atoms with Gasteiger partial charge in [0, 0.05) is 31.1 Å². The fourth-order valence-corrected chi connectivity index (χ4v) is 8.30. The Morgan fingerprint density at radius 1 is 0.341 bits per heavy atom. The first-order chi connectivity index (χ1) is 21.8. The second kappa shape index (κ2) is 9.03. The Morgan fingerprint density at radius 2 is 1.05 bits per heavy atom. The van der Waals surface area contributed by atoms with Gasteiger partial charge < -0.3 is 4.74 Å². The lowest BCUT2D eigenvalue weighted by molar-refractivity contribution is 0.487. The van der Waals surface area contributed by atoms with Crippen molar-refractivity contribution in [2.75, 3.05) is 0 Å². The van der Waals surface area contributed by atoms with Gasteiger partial charge in [0.1, 0.15) is 11.5 Å². The number of ether oxygens (including phenoxy) is 1. The number of hydrogen-bond donors (Lipinski definition) is 0. The smallest absolute Gasteiger partial charge is 0.135 e. The quantitative estimate of drug-likeness (QED) is 0.186. The van der Waals surface area contributed by atoms with E-state index in [2.05, 4.69) is 146 Å². The lowest BCUT2D eigenvalue weighted by Crippen LogP contribution is -1.98. The summed E-state index contributed by atoms with van der Waals surface area (Å²) < 4.78 is 9.30. The minimum absolute atomic E-state index is 0.905. The van der Waals surface area contributed by atoms with Gasteiger partial charge in [-0.1, -0.05) is 97.1 Å². The predicted molar refractivity (Wildman–Crippen MR) is 188 cm³/mol. The molecule has 1 aromatic heterocycles. The number of rotatable bonds is 2. The minimum Gasteiger partial charge on any atom is -0.456 e. The fourth-order valence-electron chi connectivity index (χ4n) is 7.21. The molecule has 9 aromatic rings. The normalized spacial score (nSPS) is 12.3. The Morgan fingerprint density at radius 3 is 1.95 bits per heavy atom. The molecular formula is C42H24OS. The van der Waals surface area contributed by atoms with Crippen molar-refractivity contribution in [3.05, 3.63) is 146 Å². The van der Waals surface area contributed by atoms with Gasteiger partial charge in [-0.25, -0.2) is 0 Å². The van der Waals surface area contributed by atoms with E-state index in [-0.39, 0.29) is 0 Å². The van der Waals surface area contributed by atoms with E-state index in [1.165, 1.54) is 74.7 Å². The summed E-state index contributed by atoms with van der Waals surface area (Å²) in [6.07, 6.45) is 0. The van der Waals surface area contributed by atoms with Crippen LogP contribution in [0.15, 0.2) is 146 Å². The summed E-state index contributed by atoms with van der Waals surface area (Å²) in [7, 11) is 0. The average molecular weight is 577 g/mol. The van der Waals surface area contributed by atoms with E-state index < -0.39 is 0 Å². The lowest BCUT2D eigenvalue weighted by Gasteiger charge is -2.24. The Labute approximate surface area is 258 Å². The Balaban J connectivity index is 1.25. The third-order valence-corrected chi connectivity index (χ3v) is 10.4. The lowest BCUT2D eigenvalue weighted by atomic mass is 9.86. The molecule has 1 nitrogen and oxygen atoms in total. The van der Waals surface area contributed by atoms with E-state index in [0.717, 1.165) is 22.6 Å². The topological polar surface area (TPSA) is 9.23 Å². The van der Waals surface area contributed by atoms with Crippen molar-refractivity contribution in [1.29, 1.82) is 0 Å². The van der Waals surface area contributed by atoms with E-state index in [1.54, 1.807) is 0 Å². The Hall–Kier alpha value is -5.44. The highest BCUT2D eigenvalue weighted by atomic mass is 32.1. The molecule has 1 aliphatic rings. The summed E-state index contributed by atoms with van der Waals surface area (Å²) >= 11 is 1.87. The maximum absolute atomic E-state index is 6.64. The van der Waals surface area contributed by atoms with Crippen molar-refractivity contribution in [3.63, 3.8) is 0 Å². The van der Waals surface area contributed by atoms with Crippen molar-refractivity contribution < 1.29 is 4.74 Å². The van der Waals surface area contributed by atoms with Crippen LogP contribution in [0.5, 0.6) is 11.5 Å². The average Bonchev–Trinajstić information content (AvgIpc) is 3.46. The molecule has 1 aliphatic heterocycles. The first-order valence-electron chi connectivity index (χ1n) is 15.0. The van der Waals surface area contributed by atoms with E-state index in [9.17, 15) is 0 Å². The molecule has 0 saturated heterocycles. The van der Waals surface area contributed by atoms with Crippen LogP contribution in [0.4, 0.5) is 0 Å². The van der Waals surface area contributed by atoms with Gasteiger partial charge in [0.25, 0.3) is 0 Å². The molecule has 0 saturated carbocycles. The zero-order chi connectivity index (χ0) is 28.8. The van der Waals surface area contributed by atoms with Crippen LogP contribution in [0.2, 0.25) is 0 Å². The molecule has 0 spiro atoms. The minimum atomic E-state index is 0.905. The van der Waals surface area contributed by atoms with Gasteiger partial charge in [0.05, 0.1) is 0 Å². The van der Waals surface area contributed by atoms with Gasteiger partial charge >= 0.3 is 0 Å². The number of hydrogen-bond acceptors (Lipinski definition) is 2. The molecule has 0 radical (unpaired) electrons. The molecule has 0 fully saturated rings. The second-order valence-corrected chi connectivity index (χ2v) is 12.7. The highest BCUT2D eigenvalue weighted by Gasteiger charge is 2.23. The summed E-state index contributed by atoms with van der Waals surface area (Å²) in [5.41, 5.74) is 7.22. The van der Waals surface area contributed by atoms with E-state index >= 15 is 0 Å². The Kier molecular flexibility index (Phi) is 4.94. The monoisotopic (exact) mass is 576 g/mol. The zero-order valence-corrected chi connectivity index (χ0v) is 24.5. The molecule has 204 valence electrons. The van der Waals surface area contributed by atoms with Crippen molar-refractivity contribution in [2.45, 2.75) is 0 Å². The van der Waals surface area contributed by atoms with Gasteiger partial charge in [-0.3, -0.25) is 0 Å². The van der Waals surface area contributed by atoms with Crippen molar-refractivity contribution in [1.82, 2.24) is 0 Å². The third kappa shape index (κ3) is 3.40. The van der Waals surface area contributed by atoms with Gasteiger partial charge in [0.2, 0.25) is 0 Å². The molecular weight excluding hydrogens is 553 g/mol. The number of thiophene rings is 1. The highest BCUT2D eigenvalue weighted by Crippen LogP contribution is 2.51. The van der Waals surface area contributed by atoms with Gasteiger partial charge in [-0.05, 0) is 103 Å². The highest BCUT2D eigenvalue weighted by molar-refractivity contribution is 7.25. The summed E-state index contributed by atoms with van der Waals surface area (Å²) in [4.78, 5) is 0. The van der Waals surface area contributed by atoms with Crippen LogP contribution >= 0.6 is 11.3 Å². The second-order valence-electron chi connectivity index (χ2n) is 11.7. The predicted octanol–water partition coefficient (Wildman–Crippen LogP) is 12.6. The first kappa shape index (κ1) is 24.0. The van der Waals surface area contributed by atoms with Crippen molar-refractivity contribution in [2.24, 2.45) is 0 Å². The maximum Gasteiger partial charge on any atom is 0.135 e. The van der Waals surface area contributed by atoms with E-state index in [1.807, 2.05) is 11.3 Å². The van der Waals surface area contributed by atoms with Crippen LogP contribution in [0.25, 0.3) is 85.9 Å². The summed E-state index contributed by atoms with van der Waals surface area (Å²) in [5.74, 6) is 1.82. The molecule has 0 aliphatic carbocycles. The Bertz CT molecular complexity index is 2630. The third-order valence-electron chi connectivity index (χ3n) is 9.25. The standard InChI is InChI=1S/C42H24OS/c1-2-9-25(10-3-1)26-17-19-30-37-24-34-29-12-5-4-11-28(29)33(23-35(34)32-14-8-15-38(42(32)37)43-39(30)22-26)27-18-20-41-36(21-27)31-13-6-7-16-40(31)44-41/h1-24H. The molecule has 44 heavy (non-hydrogen) atoms. The van der Waals surface area contributed by atoms with Crippen LogP contribution < -0.4 is 4.74 Å². The number of fused-ring (bicyclic) bond motifs is 9. The summed E-state index contributed by atoms with van der Waals surface area (Å²) in [6, 6.07) is 53.0. The van der Waals surface area contributed by atoms with Crippen molar-refractivity contribution in [3.8, 4) is 44.9 Å². The van der Waals surface area contributed by atoms with E-state index in [0.29, 0.717) is 0 Å². The van der Waals surface area contributed by atoms with Crippen LogP contribution in [0.3, 0.4) is 0 Å². The van der Waals surface area contributed by atoms with Crippen LogP contribution in [0, 0.1) is 0 Å². The first-order valence-corrected chi connectivity index (χ1v) is 15.8. The SMILES string of the molecule is c1ccc(-c2ccc3c(c2)Oc2cccc4c2c-3cc2c3ccccc3c(-c3ccc5sc6ccccc6c5c3)cc42)cc1. The van der Waals surface area contributed by atoms with Gasteiger partial charge in [-0.15, -0.1) is 11.3 Å². The molecule has 0 amide bonds. The zero-order valence-electron chi connectivity index (χ0n) is 23.7. The number of benzene rings is 8. The fraction of sp³-hybridized carbons (Fsp3) is 0. The van der Waals surface area contributed by atoms with E-state index in [4.69, 9.17) is 4.74 Å². The summed E-state index contributed by atoms with van der Waals surface area (Å²) in [6.45, 7) is 0. The van der Waals surface area contributed by atoms with Gasteiger partial charge in [-0.2, -0.15) is 0 Å². The van der Waals surface area contributed by atoms with Crippen molar-refractivity contribution >= 4 is 63.8 Å². The van der Waals surface area contributed by atoms with Crippen LogP contribution in [-0.4, -0.2) is 0 Å². The molecule has 2 heterocycles. The molecule has 2 heteroatoms.